The number of carbonyl (C=O) groups is 2. The summed E-state index contributed by atoms with van der Waals surface area (Å²) < 4.78 is 19.3. The molecule has 1 aliphatic rings. The van der Waals surface area contributed by atoms with Crippen LogP contribution in [0.15, 0.2) is 46.9 Å². The van der Waals surface area contributed by atoms with Gasteiger partial charge < -0.3 is 15.1 Å². The molecule has 2 heterocycles. The van der Waals surface area contributed by atoms with Crippen LogP contribution in [0.4, 0.5) is 4.39 Å². The molecule has 1 saturated heterocycles. The van der Waals surface area contributed by atoms with E-state index in [9.17, 15) is 14.0 Å². The van der Waals surface area contributed by atoms with Crippen LogP contribution in [0.25, 0.3) is 17.4 Å². The lowest BCUT2D eigenvalue weighted by molar-refractivity contribution is -0.125. The zero-order chi connectivity index (χ0) is 17.1. The maximum Gasteiger partial charge on any atom is 0.246 e. The van der Waals surface area contributed by atoms with Crippen molar-refractivity contribution in [1.29, 1.82) is 0 Å². The number of rotatable bonds is 4. The smallest absolute Gasteiger partial charge is 0.246 e. The number of hydrogen-bond donors (Lipinski definition) is 1. The molecule has 1 aliphatic heterocycles. The van der Waals surface area contributed by atoms with Crippen molar-refractivity contribution in [3.8, 4) is 11.3 Å². The van der Waals surface area contributed by atoms with Crippen LogP contribution in [0.1, 0.15) is 12.2 Å². The summed E-state index contributed by atoms with van der Waals surface area (Å²) in [6, 6.07) is 9.64. The highest BCUT2D eigenvalue weighted by Gasteiger charge is 2.28. The molecule has 24 heavy (non-hydrogen) atoms. The summed E-state index contributed by atoms with van der Waals surface area (Å²) in [5, 5.41) is 0. The summed E-state index contributed by atoms with van der Waals surface area (Å²) >= 11 is 0. The SMILES string of the molecule is NC(=O)[C@H]1CCN(C(=O)/C=C/c2ccc(-c3ccccc3F)o2)C1. The van der Waals surface area contributed by atoms with Gasteiger partial charge in [0.25, 0.3) is 0 Å². The van der Waals surface area contributed by atoms with Crippen molar-refractivity contribution < 1.29 is 18.4 Å². The number of hydrogen-bond acceptors (Lipinski definition) is 3. The molecule has 0 aliphatic carbocycles. The summed E-state index contributed by atoms with van der Waals surface area (Å²) in [7, 11) is 0. The second-order valence-corrected chi connectivity index (χ2v) is 5.69. The van der Waals surface area contributed by atoms with Crippen LogP contribution >= 0.6 is 0 Å². The van der Waals surface area contributed by atoms with Gasteiger partial charge in [0.1, 0.15) is 17.3 Å². The van der Waals surface area contributed by atoms with Gasteiger partial charge in [0, 0.05) is 19.2 Å². The molecule has 1 atom stereocenters. The number of nitrogens with two attached hydrogens (primary N) is 1. The summed E-state index contributed by atoms with van der Waals surface area (Å²) in [6.07, 6.45) is 3.50. The highest BCUT2D eigenvalue weighted by atomic mass is 19.1. The van der Waals surface area contributed by atoms with E-state index in [0.29, 0.717) is 36.6 Å². The first kappa shape index (κ1) is 16.0. The fourth-order valence-corrected chi connectivity index (χ4v) is 2.70. The fraction of sp³-hybridized carbons (Fsp3) is 0.222. The highest BCUT2D eigenvalue weighted by molar-refractivity contribution is 5.92. The lowest BCUT2D eigenvalue weighted by atomic mass is 10.1. The molecule has 0 spiro atoms. The van der Waals surface area contributed by atoms with Crippen molar-refractivity contribution in [2.24, 2.45) is 11.7 Å². The van der Waals surface area contributed by atoms with E-state index in [1.807, 2.05) is 0 Å². The molecule has 6 heteroatoms. The monoisotopic (exact) mass is 328 g/mol. The Morgan fingerprint density at radius 3 is 2.75 bits per heavy atom. The second-order valence-electron chi connectivity index (χ2n) is 5.69. The first-order chi connectivity index (χ1) is 11.5. The van der Waals surface area contributed by atoms with Crippen LogP contribution in [0.3, 0.4) is 0 Å². The van der Waals surface area contributed by atoms with E-state index in [-0.39, 0.29) is 23.5 Å². The third kappa shape index (κ3) is 3.37. The number of primary amides is 1. The van der Waals surface area contributed by atoms with E-state index < -0.39 is 0 Å². The average Bonchev–Trinajstić information content (AvgIpc) is 3.22. The van der Waals surface area contributed by atoms with Crippen molar-refractivity contribution in [3.05, 3.63) is 54.1 Å². The van der Waals surface area contributed by atoms with Crippen molar-refractivity contribution in [1.82, 2.24) is 4.90 Å². The van der Waals surface area contributed by atoms with Gasteiger partial charge in [0.15, 0.2) is 0 Å². The molecule has 1 aromatic heterocycles. The van der Waals surface area contributed by atoms with Crippen LogP contribution in [-0.2, 0) is 9.59 Å². The summed E-state index contributed by atoms with van der Waals surface area (Å²) in [6.45, 7) is 0.854. The van der Waals surface area contributed by atoms with E-state index in [1.165, 1.54) is 18.2 Å². The lowest BCUT2D eigenvalue weighted by Crippen LogP contribution is -2.30. The predicted octanol–water partition coefficient (Wildman–Crippen LogP) is 2.43. The highest BCUT2D eigenvalue weighted by Crippen LogP contribution is 2.25. The molecular formula is C18H17FN2O3. The van der Waals surface area contributed by atoms with Crippen molar-refractivity contribution >= 4 is 17.9 Å². The van der Waals surface area contributed by atoms with Crippen LogP contribution in [0.2, 0.25) is 0 Å². The van der Waals surface area contributed by atoms with Gasteiger partial charge >= 0.3 is 0 Å². The molecule has 5 nitrogen and oxygen atoms in total. The van der Waals surface area contributed by atoms with Gasteiger partial charge in [-0.05, 0) is 36.8 Å². The minimum absolute atomic E-state index is 0.206. The molecule has 0 unspecified atom stereocenters. The van der Waals surface area contributed by atoms with Gasteiger partial charge in [0.05, 0.1) is 11.5 Å². The normalized spacial score (nSPS) is 17.5. The third-order valence-corrected chi connectivity index (χ3v) is 4.06. The molecule has 2 aromatic rings. The number of likely N-dealkylation sites (tertiary alicyclic amines) is 1. The van der Waals surface area contributed by atoms with Crippen molar-refractivity contribution in [2.45, 2.75) is 6.42 Å². The van der Waals surface area contributed by atoms with E-state index >= 15 is 0 Å². The number of amides is 2. The summed E-state index contributed by atoms with van der Waals surface area (Å²) in [5.41, 5.74) is 5.62. The number of carbonyl (C=O) groups excluding carboxylic acids is 2. The van der Waals surface area contributed by atoms with Gasteiger partial charge in [0.2, 0.25) is 11.8 Å². The Labute approximate surface area is 138 Å². The maximum absolute atomic E-state index is 13.7. The largest absolute Gasteiger partial charge is 0.457 e. The first-order valence-corrected chi connectivity index (χ1v) is 7.65. The molecule has 2 amide bonds. The Kier molecular flexibility index (Phi) is 4.46. The zero-order valence-electron chi connectivity index (χ0n) is 12.9. The number of nitrogens with zero attached hydrogens (tertiary/aromatic N) is 1. The Hall–Kier alpha value is -2.89. The Bertz CT molecular complexity index is 797. The van der Waals surface area contributed by atoms with Crippen LogP contribution in [0, 0.1) is 11.7 Å². The molecule has 3 rings (SSSR count). The Morgan fingerprint density at radius 2 is 2.04 bits per heavy atom. The molecule has 0 radical (unpaired) electrons. The number of furan rings is 1. The molecule has 0 saturated carbocycles. The van der Waals surface area contributed by atoms with E-state index in [1.54, 1.807) is 35.2 Å². The molecular weight excluding hydrogens is 311 g/mol. The van der Waals surface area contributed by atoms with E-state index in [0.717, 1.165) is 0 Å². The predicted molar refractivity (Wildman–Crippen MR) is 87.0 cm³/mol. The van der Waals surface area contributed by atoms with Crippen molar-refractivity contribution in [3.63, 3.8) is 0 Å². The van der Waals surface area contributed by atoms with Crippen LogP contribution in [0.5, 0.6) is 0 Å². The van der Waals surface area contributed by atoms with Gasteiger partial charge in [-0.25, -0.2) is 4.39 Å². The van der Waals surface area contributed by atoms with Crippen LogP contribution < -0.4 is 5.73 Å². The van der Waals surface area contributed by atoms with E-state index in [2.05, 4.69) is 0 Å². The Balaban J connectivity index is 1.67. The van der Waals surface area contributed by atoms with Gasteiger partial charge in [-0.3, -0.25) is 9.59 Å². The molecule has 2 N–H and O–H groups in total. The molecule has 0 bridgehead atoms. The zero-order valence-corrected chi connectivity index (χ0v) is 12.9. The Morgan fingerprint density at radius 1 is 1.25 bits per heavy atom. The topological polar surface area (TPSA) is 76.5 Å². The molecule has 124 valence electrons. The van der Waals surface area contributed by atoms with E-state index in [4.69, 9.17) is 10.2 Å². The fourth-order valence-electron chi connectivity index (χ4n) is 2.70. The summed E-state index contributed by atoms with van der Waals surface area (Å²) in [5.74, 6) is -0.383. The maximum atomic E-state index is 13.7. The second kappa shape index (κ2) is 6.70. The quantitative estimate of drug-likeness (QED) is 0.876. The lowest BCUT2D eigenvalue weighted by Gasteiger charge is -2.12. The minimum Gasteiger partial charge on any atom is -0.457 e. The van der Waals surface area contributed by atoms with Gasteiger partial charge in [-0.2, -0.15) is 0 Å². The average molecular weight is 328 g/mol. The summed E-state index contributed by atoms with van der Waals surface area (Å²) in [4.78, 5) is 24.8. The van der Waals surface area contributed by atoms with Crippen molar-refractivity contribution in [2.75, 3.05) is 13.1 Å². The molecule has 1 fully saturated rings. The van der Waals surface area contributed by atoms with Gasteiger partial charge in [-0.1, -0.05) is 12.1 Å². The first-order valence-electron chi connectivity index (χ1n) is 7.65. The number of benzene rings is 1. The minimum atomic E-state index is -0.380. The third-order valence-electron chi connectivity index (χ3n) is 4.06. The van der Waals surface area contributed by atoms with Crippen LogP contribution in [-0.4, -0.2) is 29.8 Å². The molecule has 1 aromatic carbocycles. The number of halogens is 1. The van der Waals surface area contributed by atoms with Gasteiger partial charge in [-0.15, -0.1) is 0 Å². The standard InChI is InChI=1S/C18H17FN2O3/c19-15-4-2-1-3-14(15)16-7-5-13(24-16)6-8-17(22)21-10-9-12(11-21)18(20)23/h1-8,12H,9-11H2,(H2,20,23)/b8-6+/t12-/m0/s1.